The largest absolute Gasteiger partial charge is 0.497 e. The summed E-state index contributed by atoms with van der Waals surface area (Å²) in [5, 5.41) is 10.8. The standard InChI is InChI=1S/C15H16O3/c1-17-13-3-2-12-4-6-15(16,14(12)8-13)9-11-5-7-18-10-11/h2-3,5,7-8,10,16H,4,6,9H2,1H3. The summed E-state index contributed by atoms with van der Waals surface area (Å²) in [7, 11) is 1.64. The maximum atomic E-state index is 10.8. The van der Waals surface area contributed by atoms with Gasteiger partial charge in [0.1, 0.15) is 5.75 Å². The quantitative estimate of drug-likeness (QED) is 0.902. The van der Waals surface area contributed by atoms with E-state index in [1.54, 1.807) is 19.6 Å². The molecule has 1 unspecified atom stereocenters. The van der Waals surface area contributed by atoms with E-state index in [9.17, 15) is 5.11 Å². The highest BCUT2D eigenvalue weighted by Crippen LogP contribution is 2.41. The van der Waals surface area contributed by atoms with E-state index in [0.717, 1.165) is 29.7 Å². The summed E-state index contributed by atoms with van der Waals surface area (Å²) in [5.74, 6) is 0.793. The second-order valence-electron chi connectivity index (χ2n) is 4.86. The van der Waals surface area contributed by atoms with Crippen LogP contribution in [0.2, 0.25) is 0 Å². The van der Waals surface area contributed by atoms with E-state index in [2.05, 4.69) is 0 Å². The van der Waals surface area contributed by atoms with Crippen LogP contribution in [0.25, 0.3) is 0 Å². The topological polar surface area (TPSA) is 42.6 Å². The number of methoxy groups -OCH3 is 1. The van der Waals surface area contributed by atoms with Crippen LogP contribution in [0.1, 0.15) is 23.1 Å². The molecule has 1 atom stereocenters. The number of hydrogen-bond acceptors (Lipinski definition) is 3. The number of rotatable bonds is 3. The molecule has 1 N–H and O–H groups in total. The van der Waals surface area contributed by atoms with Gasteiger partial charge in [-0.15, -0.1) is 0 Å². The summed E-state index contributed by atoms with van der Waals surface area (Å²) < 4.78 is 10.3. The molecule has 0 saturated carbocycles. The van der Waals surface area contributed by atoms with E-state index in [1.165, 1.54) is 5.56 Å². The number of aryl methyl sites for hydroxylation is 1. The lowest BCUT2D eigenvalue weighted by Crippen LogP contribution is -2.25. The van der Waals surface area contributed by atoms with Gasteiger partial charge in [0.25, 0.3) is 0 Å². The molecule has 0 radical (unpaired) electrons. The van der Waals surface area contributed by atoms with Gasteiger partial charge in [-0.1, -0.05) is 6.07 Å². The SMILES string of the molecule is COc1ccc2c(c1)C(O)(Cc1ccoc1)CC2. The zero-order valence-corrected chi connectivity index (χ0v) is 10.3. The summed E-state index contributed by atoms with van der Waals surface area (Å²) >= 11 is 0. The molecular formula is C15H16O3. The Morgan fingerprint density at radius 2 is 2.28 bits per heavy atom. The van der Waals surface area contributed by atoms with Crippen LogP contribution in [0, 0.1) is 0 Å². The predicted molar refractivity (Wildman–Crippen MR) is 67.6 cm³/mol. The average molecular weight is 244 g/mol. The van der Waals surface area contributed by atoms with E-state index in [1.807, 2.05) is 24.3 Å². The fourth-order valence-corrected chi connectivity index (χ4v) is 2.72. The molecule has 0 fully saturated rings. The van der Waals surface area contributed by atoms with Gasteiger partial charge in [-0.2, -0.15) is 0 Å². The first-order chi connectivity index (χ1) is 8.71. The minimum absolute atomic E-state index is 0.587. The van der Waals surface area contributed by atoms with E-state index in [0.29, 0.717) is 6.42 Å². The maximum absolute atomic E-state index is 10.8. The fourth-order valence-electron chi connectivity index (χ4n) is 2.72. The first kappa shape index (κ1) is 11.4. The van der Waals surface area contributed by atoms with Crippen molar-refractivity contribution in [3.05, 3.63) is 53.5 Å². The third-order valence-corrected chi connectivity index (χ3v) is 3.70. The summed E-state index contributed by atoms with van der Waals surface area (Å²) in [5.41, 5.74) is 2.42. The Bertz CT molecular complexity index is 545. The minimum atomic E-state index is -0.798. The lowest BCUT2D eigenvalue weighted by atomic mass is 9.89. The first-order valence-corrected chi connectivity index (χ1v) is 6.12. The Morgan fingerprint density at radius 3 is 3.00 bits per heavy atom. The number of benzene rings is 1. The number of ether oxygens (including phenoxy) is 1. The average Bonchev–Trinajstić information content (AvgIpc) is 2.99. The van der Waals surface area contributed by atoms with Crippen molar-refractivity contribution in [1.29, 1.82) is 0 Å². The van der Waals surface area contributed by atoms with Crippen LogP contribution in [0.4, 0.5) is 0 Å². The third-order valence-electron chi connectivity index (χ3n) is 3.70. The molecule has 2 aromatic rings. The van der Waals surface area contributed by atoms with Gasteiger partial charge in [0.15, 0.2) is 0 Å². The van der Waals surface area contributed by atoms with Gasteiger partial charge in [0, 0.05) is 6.42 Å². The summed E-state index contributed by atoms with van der Waals surface area (Å²) in [6.07, 6.45) is 5.58. The second-order valence-corrected chi connectivity index (χ2v) is 4.86. The zero-order chi connectivity index (χ0) is 12.6. The molecule has 0 aliphatic heterocycles. The molecule has 3 heteroatoms. The molecule has 1 aliphatic rings. The molecule has 0 saturated heterocycles. The first-order valence-electron chi connectivity index (χ1n) is 6.12. The molecule has 0 amide bonds. The van der Waals surface area contributed by atoms with Gasteiger partial charge in [0.2, 0.25) is 0 Å². The maximum Gasteiger partial charge on any atom is 0.119 e. The minimum Gasteiger partial charge on any atom is -0.497 e. The van der Waals surface area contributed by atoms with Crippen LogP contribution in [0.3, 0.4) is 0 Å². The molecule has 18 heavy (non-hydrogen) atoms. The van der Waals surface area contributed by atoms with Gasteiger partial charge < -0.3 is 14.3 Å². The Balaban J connectivity index is 1.96. The Kier molecular flexibility index (Phi) is 2.63. The highest BCUT2D eigenvalue weighted by molar-refractivity contribution is 5.43. The summed E-state index contributed by atoms with van der Waals surface area (Å²) in [6, 6.07) is 7.84. The molecule has 3 rings (SSSR count). The van der Waals surface area contributed by atoms with E-state index in [-0.39, 0.29) is 0 Å². The molecule has 1 heterocycles. The monoisotopic (exact) mass is 244 g/mol. The van der Waals surface area contributed by atoms with E-state index in [4.69, 9.17) is 9.15 Å². The van der Waals surface area contributed by atoms with E-state index >= 15 is 0 Å². The van der Waals surface area contributed by atoms with Gasteiger partial charge >= 0.3 is 0 Å². The molecular weight excluding hydrogens is 228 g/mol. The number of fused-ring (bicyclic) bond motifs is 1. The zero-order valence-electron chi connectivity index (χ0n) is 10.3. The summed E-state index contributed by atoms with van der Waals surface area (Å²) in [4.78, 5) is 0. The van der Waals surface area contributed by atoms with Crippen LogP contribution in [-0.4, -0.2) is 12.2 Å². The Labute approximate surface area is 106 Å². The van der Waals surface area contributed by atoms with Crippen molar-refractivity contribution in [2.45, 2.75) is 24.9 Å². The van der Waals surface area contributed by atoms with E-state index < -0.39 is 5.60 Å². The van der Waals surface area contributed by atoms with Gasteiger partial charge in [-0.05, 0) is 47.7 Å². The number of furan rings is 1. The molecule has 3 nitrogen and oxygen atoms in total. The fraction of sp³-hybridized carbons (Fsp3) is 0.333. The molecule has 1 aromatic heterocycles. The lowest BCUT2D eigenvalue weighted by Gasteiger charge is -2.23. The van der Waals surface area contributed by atoms with Crippen molar-refractivity contribution in [3.63, 3.8) is 0 Å². The van der Waals surface area contributed by atoms with Crippen molar-refractivity contribution in [2.24, 2.45) is 0 Å². The van der Waals surface area contributed by atoms with Crippen LogP contribution < -0.4 is 4.74 Å². The van der Waals surface area contributed by atoms with Crippen LogP contribution >= 0.6 is 0 Å². The third kappa shape index (κ3) is 1.81. The highest BCUT2D eigenvalue weighted by atomic mass is 16.5. The van der Waals surface area contributed by atoms with Crippen molar-refractivity contribution >= 4 is 0 Å². The molecule has 1 aromatic carbocycles. The predicted octanol–water partition coefficient (Wildman–Crippen LogP) is 2.66. The van der Waals surface area contributed by atoms with Crippen LogP contribution in [-0.2, 0) is 18.4 Å². The normalized spacial score (nSPS) is 21.9. The Morgan fingerprint density at radius 1 is 1.39 bits per heavy atom. The van der Waals surface area contributed by atoms with Crippen LogP contribution in [0.5, 0.6) is 5.75 Å². The molecule has 1 aliphatic carbocycles. The smallest absolute Gasteiger partial charge is 0.119 e. The Hall–Kier alpha value is -1.74. The molecule has 0 bridgehead atoms. The van der Waals surface area contributed by atoms with Crippen LogP contribution in [0.15, 0.2) is 41.2 Å². The highest BCUT2D eigenvalue weighted by Gasteiger charge is 2.37. The van der Waals surface area contributed by atoms with Gasteiger partial charge in [-0.3, -0.25) is 0 Å². The van der Waals surface area contributed by atoms with Gasteiger partial charge in [0.05, 0.1) is 25.2 Å². The van der Waals surface area contributed by atoms with Crippen molar-refractivity contribution in [2.75, 3.05) is 7.11 Å². The number of aliphatic hydroxyl groups is 1. The molecule has 0 spiro atoms. The molecule has 94 valence electrons. The lowest BCUT2D eigenvalue weighted by molar-refractivity contribution is 0.0386. The number of hydrogen-bond donors (Lipinski definition) is 1. The van der Waals surface area contributed by atoms with Gasteiger partial charge in [-0.25, -0.2) is 0 Å². The summed E-state index contributed by atoms with van der Waals surface area (Å²) in [6.45, 7) is 0. The second kappa shape index (κ2) is 4.18. The van der Waals surface area contributed by atoms with Crippen molar-refractivity contribution in [3.8, 4) is 5.75 Å². The van der Waals surface area contributed by atoms with Crippen molar-refractivity contribution in [1.82, 2.24) is 0 Å². The van der Waals surface area contributed by atoms with Crippen molar-refractivity contribution < 1.29 is 14.3 Å².